The minimum Gasteiger partial charge on any atom is -0.300 e. The minimum absolute atomic E-state index is 0.0369. The van der Waals surface area contributed by atoms with Crippen molar-refractivity contribution in [1.82, 2.24) is 15.1 Å². The Balaban J connectivity index is 1.30. The van der Waals surface area contributed by atoms with Gasteiger partial charge in [-0.1, -0.05) is 65.4 Å². The first-order valence-corrected chi connectivity index (χ1v) is 10.9. The van der Waals surface area contributed by atoms with Crippen LogP contribution in [-0.4, -0.2) is 34.1 Å². The number of aromatic nitrogens is 2. The molecule has 0 atom stereocenters. The number of carbonyl (C=O) groups excluding carboxylic acids is 1. The highest BCUT2D eigenvalue weighted by Crippen LogP contribution is 2.28. The highest BCUT2D eigenvalue weighted by Gasteiger charge is 2.26. The van der Waals surface area contributed by atoms with Crippen LogP contribution >= 0.6 is 11.3 Å². The summed E-state index contributed by atoms with van der Waals surface area (Å²) in [6.45, 7) is 7.05. The summed E-state index contributed by atoms with van der Waals surface area (Å²) in [5.74, 6) is 0.0991. The molecule has 150 valence electrons. The van der Waals surface area contributed by atoms with E-state index in [1.807, 2.05) is 12.1 Å². The summed E-state index contributed by atoms with van der Waals surface area (Å²) < 4.78 is 0. The van der Waals surface area contributed by atoms with Gasteiger partial charge in [0.25, 0.3) is 0 Å². The summed E-state index contributed by atoms with van der Waals surface area (Å²) in [7, 11) is 0. The van der Waals surface area contributed by atoms with E-state index in [-0.39, 0.29) is 11.8 Å². The highest BCUT2D eigenvalue weighted by atomic mass is 32.1. The second-order valence-corrected chi connectivity index (χ2v) is 8.72. The molecule has 0 unspecified atom stereocenters. The lowest BCUT2D eigenvalue weighted by Gasteiger charge is -2.31. The molecule has 6 heteroatoms. The largest absolute Gasteiger partial charge is 0.300 e. The van der Waals surface area contributed by atoms with E-state index in [4.69, 9.17) is 0 Å². The zero-order valence-electron chi connectivity index (χ0n) is 16.9. The Hall–Kier alpha value is -2.57. The molecule has 5 nitrogen and oxygen atoms in total. The number of hydrogen-bond acceptors (Lipinski definition) is 5. The van der Waals surface area contributed by atoms with Crippen LogP contribution in [0.4, 0.5) is 5.13 Å². The fraction of sp³-hybridized carbons (Fsp3) is 0.348. The molecule has 2 heterocycles. The Morgan fingerprint density at radius 3 is 2.52 bits per heavy atom. The van der Waals surface area contributed by atoms with Crippen molar-refractivity contribution in [3.8, 4) is 10.6 Å². The number of hydrogen-bond donors (Lipinski definition) is 1. The molecule has 1 aromatic heterocycles. The lowest BCUT2D eigenvalue weighted by atomic mass is 9.95. The third kappa shape index (κ3) is 4.89. The summed E-state index contributed by atoms with van der Waals surface area (Å²) in [5.41, 5.74) is 4.93. The van der Waals surface area contributed by atoms with Crippen LogP contribution in [0.5, 0.6) is 0 Å². The van der Waals surface area contributed by atoms with Crippen molar-refractivity contribution in [1.29, 1.82) is 0 Å². The number of rotatable bonds is 5. The molecule has 1 N–H and O–H groups in total. The van der Waals surface area contributed by atoms with Gasteiger partial charge >= 0.3 is 0 Å². The zero-order valence-corrected chi connectivity index (χ0v) is 17.7. The molecule has 1 amide bonds. The standard InChI is InChI=1S/C23H26N4OS/c1-16-7-9-19(10-8-16)22-25-26-23(29-22)24-21(28)18-11-13-27(14-12-18)15-20-6-4-3-5-17(20)2/h3-10,18H,11-15H2,1-2H3,(H,24,26,28). The van der Waals surface area contributed by atoms with Gasteiger partial charge in [0.15, 0.2) is 0 Å². The minimum atomic E-state index is 0.0369. The van der Waals surface area contributed by atoms with Gasteiger partial charge < -0.3 is 5.32 Å². The number of nitrogens with one attached hydrogen (secondary N) is 1. The Morgan fingerprint density at radius 2 is 1.79 bits per heavy atom. The van der Waals surface area contributed by atoms with Crippen LogP contribution in [0.15, 0.2) is 48.5 Å². The Morgan fingerprint density at radius 1 is 1.07 bits per heavy atom. The van der Waals surface area contributed by atoms with Crippen molar-refractivity contribution in [3.63, 3.8) is 0 Å². The van der Waals surface area contributed by atoms with Gasteiger partial charge in [-0.15, -0.1) is 10.2 Å². The third-order valence-electron chi connectivity index (χ3n) is 5.57. The van der Waals surface area contributed by atoms with Gasteiger partial charge in [-0.25, -0.2) is 0 Å². The number of benzene rings is 2. The second kappa shape index (κ2) is 8.84. The Bertz CT molecular complexity index is 975. The molecule has 4 rings (SSSR count). The molecule has 0 bridgehead atoms. The number of nitrogens with zero attached hydrogens (tertiary/aromatic N) is 3. The smallest absolute Gasteiger partial charge is 0.229 e. The number of likely N-dealkylation sites (tertiary alicyclic amines) is 1. The molecular weight excluding hydrogens is 380 g/mol. The first-order chi connectivity index (χ1) is 14.1. The predicted molar refractivity (Wildman–Crippen MR) is 118 cm³/mol. The van der Waals surface area contributed by atoms with E-state index in [0.717, 1.165) is 43.0 Å². The van der Waals surface area contributed by atoms with E-state index in [1.54, 1.807) is 0 Å². The molecule has 0 spiro atoms. The number of carbonyl (C=O) groups is 1. The SMILES string of the molecule is Cc1ccc(-c2nnc(NC(=O)C3CCN(Cc4ccccc4C)CC3)s2)cc1. The maximum absolute atomic E-state index is 12.7. The monoisotopic (exact) mass is 406 g/mol. The average Bonchev–Trinajstić information content (AvgIpc) is 3.19. The van der Waals surface area contributed by atoms with Crippen molar-refractivity contribution in [2.24, 2.45) is 5.92 Å². The van der Waals surface area contributed by atoms with Gasteiger partial charge in [-0.2, -0.15) is 0 Å². The van der Waals surface area contributed by atoms with Gasteiger partial charge in [0, 0.05) is 18.0 Å². The van der Waals surface area contributed by atoms with E-state index < -0.39 is 0 Å². The zero-order chi connectivity index (χ0) is 20.2. The Labute approximate surface area is 175 Å². The van der Waals surface area contributed by atoms with E-state index in [0.29, 0.717) is 5.13 Å². The number of aryl methyl sites for hydroxylation is 2. The maximum atomic E-state index is 12.7. The maximum Gasteiger partial charge on any atom is 0.229 e. The summed E-state index contributed by atoms with van der Waals surface area (Å²) in [5, 5.41) is 12.8. The summed E-state index contributed by atoms with van der Waals surface area (Å²) in [6.07, 6.45) is 1.75. The summed E-state index contributed by atoms with van der Waals surface area (Å²) in [4.78, 5) is 15.1. The highest BCUT2D eigenvalue weighted by molar-refractivity contribution is 7.18. The lowest BCUT2D eigenvalue weighted by Crippen LogP contribution is -2.37. The van der Waals surface area contributed by atoms with Crippen molar-refractivity contribution >= 4 is 22.4 Å². The molecule has 1 aliphatic heterocycles. The Kier molecular flexibility index (Phi) is 6.02. The van der Waals surface area contributed by atoms with E-state index >= 15 is 0 Å². The van der Waals surface area contributed by atoms with Gasteiger partial charge in [-0.3, -0.25) is 9.69 Å². The lowest BCUT2D eigenvalue weighted by molar-refractivity contribution is -0.121. The quantitative estimate of drug-likeness (QED) is 0.669. The molecule has 1 aliphatic rings. The van der Waals surface area contributed by atoms with Crippen LogP contribution in [0, 0.1) is 19.8 Å². The number of anilines is 1. The second-order valence-electron chi connectivity index (χ2n) is 7.74. The molecule has 0 aliphatic carbocycles. The van der Waals surface area contributed by atoms with E-state index in [1.165, 1.54) is 28.0 Å². The third-order valence-corrected chi connectivity index (χ3v) is 6.45. The van der Waals surface area contributed by atoms with Gasteiger partial charge in [0.05, 0.1) is 0 Å². The van der Waals surface area contributed by atoms with Crippen molar-refractivity contribution in [3.05, 3.63) is 65.2 Å². The molecule has 29 heavy (non-hydrogen) atoms. The fourth-order valence-electron chi connectivity index (χ4n) is 3.68. The normalized spacial score (nSPS) is 15.4. The van der Waals surface area contributed by atoms with Gasteiger partial charge in [-0.05, 0) is 50.9 Å². The van der Waals surface area contributed by atoms with Crippen LogP contribution in [-0.2, 0) is 11.3 Å². The van der Waals surface area contributed by atoms with Crippen LogP contribution < -0.4 is 5.32 Å². The van der Waals surface area contributed by atoms with Crippen molar-refractivity contribution < 1.29 is 4.79 Å². The van der Waals surface area contributed by atoms with Gasteiger partial charge in [0.1, 0.15) is 5.01 Å². The molecule has 1 fully saturated rings. The van der Waals surface area contributed by atoms with Crippen molar-refractivity contribution in [2.45, 2.75) is 33.2 Å². The molecule has 3 aromatic rings. The fourth-order valence-corrected chi connectivity index (χ4v) is 4.43. The molecule has 0 radical (unpaired) electrons. The predicted octanol–water partition coefficient (Wildman–Crippen LogP) is 4.67. The van der Waals surface area contributed by atoms with Crippen LogP contribution in [0.3, 0.4) is 0 Å². The topological polar surface area (TPSA) is 58.1 Å². The first-order valence-electron chi connectivity index (χ1n) is 10.1. The van der Waals surface area contributed by atoms with E-state index in [2.05, 4.69) is 70.7 Å². The first kappa shape index (κ1) is 19.7. The number of amides is 1. The van der Waals surface area contributed by atoms with E-state index in [9.17, 15) is 4.79 Å². The summed E-state index contributed by atoms with van der Waals surface area (Å²) in [6, 6.07) is 16.7. The van der Waals surface area contributed by atoms with Gasteiger partial charge in [0.2, 0.25) is 11.0 Å². The van der Waals surface area contributed by atoms with Crippen LogP contribution in [0.2, 0.25) is 0 Å². The number of piperidine rings is 1. The van der Waals surface area contributed by atoms with Crippen LogP contribution in [0.25, 0.3) is 10.6 Å². The van der Waals surface area contributed by atoms with Crippen LogP contribution in [0.1, 0.15) is 29.5 Å². The molecule has 2 aromatic carbocycles. The molecular formula is C23H26N4OS. The van der Waals surface area contributed by atoms with Crippen molar-refractivity contribution in [2.75, 3.05) is 18.4 Å². The average molecular weight is 407 g/mol. The molecule has 1 saturated heterocycles. The molecule has 0 saturated carbocycles. The summed E-state index contributed by atoms with van der Waals surface area (Å²) >= 11 is 1.42.